The fourth-order valence-corrected chi connectivity index (χ4v) is 4.57. The maximum Gasteiger partial charge on any atom is 0.322 e. The Kier molecular flexibility index (Phi) is 3.89. The third-order valence-electron chi connectivity index (χ3n) is 6.05. The third kappa shape index (κ3) is 2.29. The molecule has 3 aliphatic rings. The first-order chi connectivity index (χ1) is 12.5. The van der Waals surface area contributed by atoms with Crippen LogP contribution in [0.2, 0.25) is 0 Å². The summed E-state index contributed by atoms with van der Waals surface area (Å²) < 4.78 is 1.98. The number of carbonyl (C=O) groups excluding carboxylic acids is 2. The van der Waals surface area contributed by atoms with Gasteiger partial charge in [-0.2, -0.15) is 0 Å². The number of aliphatic hydroxyl groups is 1. The van der Waals surface area contributed by atoms with Crippen molar-refractivity contribution in [3.8, 4) is 0 Å². The lowest BCUT2D eigenvalue weighted by Gasteiger charge is -2.40. The van der Waals surface area contributed by atoms with E-state index in [-0.39, 0.29) is 17.1 Å². The lowest BCUT2D eigenvalue weighted by molar-refractivity contribution is -0.138. The van der Waals surface area contributed by atoms with E-state index < -0.39 is 24.0 Å². The summed E-state index contributed by atoms with van der Waals surface area (Å²) >= 11 is 0. The van der Waals surface area contributed by atoms with Crippen molar-refractivity contribution in [2.24, 2.45) is 0 Å². The van der Waals surface area contributed by atoms with Gasteiger partial charge in [-0.15, -0.1) is 0 Å². The molecule has 7 nitrogen and oxygen atoms in total. The van der Waals surface area contributed by atoms with Crippen LogP contribution in [0.5, 0.6) is 0 Å². The number of rotatable bonds is 4. The Morgan fingerprint density at radius 2 is 1.88 bits per heavy atom. The molecule has 0 unspecified atom stereocenters. The number of hydrogen-bond donors (Lipinski definition) is 3. The van der Waals surface area contributed by atoms with Gasteiger partial charge in [0.1, 0.15) is 17.7 Å². The summed E-state index contributed by atoms with van der Waals surface area (Å²) in [4.78, 5) is 36.5. The Bertz CT molecular complexity index is 825. The van der Waals surface area contributed by atoms with Crippen LogP contribution in [0, 0.1) is 0 Å². The van der Waals surface area contributed by atoms with Gasteiger partial charge < -0.3 is 20.1 Å². The Labute approximate surface area is 150 Å². The van der Waals surface area contributed by atoms with Gasteiger partial charge in [-0.05, 0) is 43.7 Å². The minimum atomic E-state index is -1.20. The summed E-state index contributed by atoms with van der Waals surface area (Å²) in [6.07, 6.45) is 6.36. The van der Waals surface area contributed by atoms with E-state index in [4.69, 9.17) is 5.11 Å². The van der Waals surface area contributed by atoms with E-state index >= 15 is 0 Å². The number of Topliss-reactive ketones (excluding diaryl/α,β-unsaturated/α-hetero) is 1. The van der Waals surface area contributed by atoms with Crippen molar-refractivity contribution in [2.75, 3.05) is 6.54 Å². The minimum Gasteiger partial charge on any atom is -0.505 e. The van der Waals surface area contributed by atoms with Crippen LogP contribution in [0.15, 0.2) is 17.7 Å². The van der Waals surface area contributed by atoms with Gasteiger partial charge in [0.15, 0.2) is 11.5 Å². The van der Waals surface area contributed by atoms with Crippen LogP contribution in [0.3, 0.4) is 0 Å². The zero-order valence-corrected chi connectivity index (χ0v) is 14.5. The summed E-state index contributed by atoms with van der Waals surface area (Å²) in [5.74, 6) is -2.36. The van der Waals surface area contributed by atoms with Crippen molar-refractivity contribution in [2.45, 2.75) is 56.4 Å². The van der Waals surface area contributed by atoms with Gasteiger partial charge in [0.2, 0.25) is 0 Å². The number of aliphatic carboxylic acids is 1. The fourth-order valence-electron chi connectivity index (χ4n) is 4.57. The van der Waals surface area contributed by atoms with Crippen LogP contribution in [-0.2, 0) is 19.9 Å². The highest BCUT2D eigenvalue weighted by Gasteiger charge is 2.52. The second kappa shape index (κ2) is 6.00. The molecule has 0 atom stereocenters. The molecule has 2 saturated carbocycles. The minimum absolute atomic E-state index is 0.307. The van der Waals surface area contributed by atoms with Crippen molar-refractivity contribution in [1.29, 1.82) is 0 Å². The molecule has 26 heavy (non-hydrogen) atoms. The van der Waals surface area contributed by atoms with Crippen LogP contribution >= 0.6 is 0 Å². The number of carboxylic acid groups (broad SMARTS) is 1. The van der Waals surface area contributed by atoms with E-state index in [0.29, 0.717) is 24.5 Å². The molecule has 1 aliphatic heterocycles. The van der Waals surface area contributed by atoms with Gasteiger partial charge >= 0.3 is 5.97 Å². The molecule has 0 saturated heterocycles. The van der Waals surface area contributed by atoms with Crippen LogP contribution in [-0.4, -0.2) is 39.0 Å². The maximum atomic E-state index is 13.3. The fraction of sp³-hybridized carbons (Fsp3) is 0.526. The molecule has 138 valence electrons. The van der Waals surface area contributed by atoms with Crippen molar-refractivity contribution in [1.82, 2.24) is 9.88 Å². The van der Waals surface area contributed by atoms with Crippen molar-refractivity contribution in [3.05, 3.63) is 29.1 Å². The molecule has 2 fully saturated rings. The number of ketones is 1. The molecule has 0 radical (unpaired) electrons. The van der Waals surface area contributed by atoms with E-state index in [1.54, 1.807) is 6.07 Å². The van der Waals surface area contributed by atoms with E-state index in [1.807, 2.05) is 10.6 Å². The van der Waals surface area contributed by atoms with Gasteiger partial charge in [-0.25, -0.2) is 0 Å². The Hall–Kier alpha value is -2.57. The molecule has 7 heteroatoms. The molecule has 2 heterocycles. The maximum absolute atomic E-state index is 13.3. The topological polar surface area (TPSA) is 109 Å². The molecule has 0 aromatic carbocycles. The number of carboxylic acids is 1. The lowest BCUT2D eigenvalue weighted by Crippen LogP contribution is -2.49. The van der Waals surface area contributed by atoms with Gasteiger partial charge in [-0.3, -0.25) is 14.4 Å². The highest BCUT2D eigenvalue weighted by Crippen LogP contribution is 2.49. The predicted octanol–water partition coefficient (Wildman–Crippen LogP) is 2.08. The highest BCUT2D eigenvalue weighted by molar-refractivity contribution is 6.27. The second-order valence-corrected chi connectivity index (χ2v) is 7.47. The van der Waals surface area contributed by atoms with Gasteiger partial charge in [0, 0.05) is 5.69 Å². The van der Waals surface area contributed by atoms with Crippen LogP contribution in [0.4, 0.5) is 0 Å². The van der Waals surface area contributed by atoms with E-state index in [9.17, 15) is 19.5 Å². The molecule has 1 spiro atoms. The zero-order chi connectivity index (χ0) is 18.5. The summed E-state index contributed by atoms with van der Waals surface area (Å²) in [6, 6.07) is 3.74. The number of nitrogens with zero attached hydrogens (tertiary/aromatic N) is 1. The molecule has 0 bridgehead atoms. The van der Waals surface area contributed by atoms with Gasteiger partial charge in [0.05, 0.1) is 5.69 Å². The van der Waals surface area contributed by atoms with Crippen molar-refractivity contribution >= 4 is 23.4 Å². The number of aromatic nitrogens is 1. The quantitative estimate of drug-likeness (QED) is 0.714. The van der Waals surface area contributed by atoms with E-state index in [1.165, 1.54) is 0 Å². The summed E-state index contributed by atoms with van der Waals surface area (Å²) in [5.41, 5.74) is 0.428. The van der Waals surface area contributed by atoms with Gasteiger partial charge in [0.25, 0.3) is 5.91 Å². The smallest absolute Gasteiger partial charge is 0.322 e. The largest absolute Gasteiger partial charge is 0.505 e. The average Bonchev–Trinajstić information content (AvgIpc) is 3.18. The number of nitrogens with one attached hydrogen (secondary N) is 1. The first-order valence-corrected chi connectivity index (χ1v) is 9.16. The second-order valence-electron chi connectivity index (χ2n) is 7.47. The molecule has 3 N–H and O–H groups in total. The number of hydrogen-bond acceptors (Lipinski definition) is 4. The number of carbonyl (C=O) groups is 3. The average molecular weight is 358 g/mol. The summed E-state index contributed by atoms with van der Waals surface area (Å²) in [7, 11) is 0. The molecule has 4 rings (SSSR count). The van der Waals surface area contributed by atoms with Crippen LogP contribution < -0.4 is 5.32 Å². The zero-order valence-electron chi connectivity index (χ0n) is 14.5. The lowest BCUT2D eigenvalue weighted by atomic mass is 9.79. The Balaban J connectivity index is 1.82. The van der Waals surface area contributed by atoms with Gasteiger partial charge in [-0.1, -0.05) is 19.3 Å². The molecule has 1 aromatic heterocycles. The molecule has 1 amide bonds. The SMILES string of the molecule is O=C(O)CNC(=O)C1=C(O)c2ccc(C3CCC3)n2C2(CCCC2)C1=O. The predicted molar refractivity (Wildman–Crippen MR) is 92.7 cm³/mol. The summed E-state index contributed by atoms with van der Waals surface area (Å²) in [5, 5.41) is 21.7. The molecular weight excluding hydrogens is 336 g/mol. The first-order valence-electron chi connectivity index (χ1n) is 9.16. The first kappa shape index (κ1) is 16.9. The standard InChI is InChI=1S/C19H22N2O5/c22-14(23)10-20-18(26)15-16(24)13-7-6-12(11-4-3-5-11)21(13)19(17(15)25)8-1-2-9-19/h6-7,11,24H,1-5,8-10H2,(H,20,26)(H,22,23). The van der Waals surface area contributed by atoms with Crippen LogP contribution in [0.25, 0.3) is 5.76 Å². The van der Waals surface area contributed by atoms with Crippen LogP contribution in [0.1, 0.15) is 62.3 Å². The monoisotopic (exact) mass is 358 g/mol. The number of amides is 1. The Morgan fingerprint density at radius 1 is 1.19 bits per heavy atom. The normalized spacial score (nSPS) is 21.6. The number of aliphatic hydroxyl groups excluding tert-OH is 1. The Morgan fingerprint density at radius 3 is 2.46 bits per heavy atom. The molecular formula is C19H22N2O5. The van der Waals surface area contributed by atoms with E-state index in [2.05, 4.69) is 5.32 Å². The molecule has 1 aromatic rings. The highest BCUT2D eigenvalue weighted by atomic mass is 16.4. The molecule has 2 aliphatic carbocycles. The van der Waals surface area contributed by atoms with E-state index in [0.717, 1.165) is 37.8 Å². The number of fused-ring (bicyclic) bond motifs is 2. The summed E-state index contributed by atoms with van der Waals surface area (Å²) in [6.45, 7) is -0.593. The van der Waals surface area contributed by atoms with Crippen molar-refractivity contribution < 1.29 is 24.6 Å². The van der Waals surface area contributed by atoms with Crippen molar-refractivity contribution in [3.63, 3.8) is 0 Å². The third-order valence-corrected chi connectivity index (χ3v) is 6.05.